The normalized spacial score (nSPS) is 21.6. The van der Waals surface area contributed by atoms with Crippen molar-refractivity contribution in [2.45, 2.75) is 32.4 Å². The molecule has 0 radical (unpaired) electrons. The number of amides is 1. The minimum absolute atomic E-state index is 0.0385. The van der Waals surface area contributed by atoms with Crippen LogP contribution in [0, 0.1) is 6.92 Å². The molecule has 1 amide bonds. The summed E-state index contributed by atoms with van der Waals surface area (Å²) in [5.74, 6) is -0.109. The number of pyridine rings is 1. The number of nitrogens with zero attached hydrogens (tertiary/aromatic N) is 2. The number of rotatable bonds is 3. The van der Waals surface area contributed by atoms with E-state index in [2.05, 4.69) is 10.4 Å². The maximum atomic E-state index is 13.1. The highest BCUT2D eigenvalue weighted by molar-refractivity contribution is 7.21. The van der Waals surface area contributed by atoms with Crippen LogP contribution in [0.5, 0.6) is 0 Å². The number of hydrogen-bond acceptors (Lipinski definition) is 6. The maximum absolute atomic E-state index is 13.1. The van der Waals surface area contributed by atoms with Gasteiger partial charge >= 0.3 is 11.0 Å². The molecule has 7 nitrogen and oxygen atoms in total. The molecule has 138 valence electrons. The zero-order valence-electron chi connectivity index (χ0n) is 14.8. The fraction of sp³-hybridized carbons (Fsp3) is 0.316. The van der Waals surface area contributed by atoms with E-state index in [1.54, 1.807) is 4.57 Å². The van der Waals surface area contributed by atoms with Gasteiger partial charge in [-0.25, -0.2) is 10.2 Å². The molecule has 1 saturated heterocycles. The first kappa shape index (κ1) is 16.6. The topological polar surface area (TPSA) is 77.7 Å². The molecule has 4 heterocycles. The Morgan fingerprint density at radius 3 is 3.00 bits per heavy atom. The molecule has 1 unspecified atom stereocenters. The number of carbonyl (C=O) groups is 1. The first-order valence-electron chi connectivity index (χ1n) is 9.02. The number of ether oxygens (including phenoxy) is 1. The summed E-state index contributed by atoms with van der Waals surface area (Å²) in [4.78, 5) is 30.3. The SMILES string of the molecule is Cc1c2c(cc(=O)n1C[C@H]1CCCO1)N[NH+](c1nc3ccccc3s1)C2=O. The summed E-state index contributed by atoms with van der Waals surface area (Å²) in [6.45, 7) is 3.05. The average Bonchev–Trinajstić information content (AvgIpc) is 3.37. The number of benzene rings is 1. The first-order valence-corrected chi connectivity index (χ1v) is 9.84. The molecule has 0 saturated carbocycles. The van der Waals surface area contributed by atoms with Crippen LogP contribution in [-0.4, -0.2) is 28.2 Å². The summed E-state index contributed by atoms with van der Waals surface area (Å²) < 4.78 is 8.35. The van der Waals surface area contributed by atoms with Crippen LogP contribution in [-0.2, 0) is 11.3 Å². The number of anilines is 1. The lowest BCUT2D eigenvalue weighted by atomic mass is 10.1. The molecule has 2 aromatic heterocycles. The summed E-state index contributed by atoms with van der Waals surface area (Å²) >= 11 is 1.47. The van der Waals surface area contributed by atoms with Gasteiger partial charge in [-0.1, -0.05) is 23.5 Å². The second kappa shape index (κ2) is 6.26. The van der Waals surface area contributed by atoms with E-state index in [4.69, 9.17) is 4.74 Å². The quantitative estimate of drug-likeness (QED) is 0.719. The van der Waals surface area contributed by atoms with Crippen LogP contribution in [0.4, 0.5) is 10.8 Å². The fourth-order valence-corrected chi connectivity index (χ4v) is 4.78. The van der Waals surface area contributed by atoms with Gasteiger partial charge in [-0.2, -0.15) is 4.98 Å². The number of fused-ring (bicyclic) bond motifs is 2. The number of hydrogen-bond donors (Lipinski definition) is 2. The van der Waals surface area contributed by atoms with Gasteiger partial charge in [-0.05, 0) is 31.9 Å². The number of carbonyl (C=O) groups excluding carboxylic acids is 1. The summed E-state index contributed by atoms with van der Waals surface area (Å²) in [6, 6.07) is 9.31. The number of thiazole rings is 1. The van der Waals surface area contributed by atoms with E-state index in [1.165, 1.54) is 17.4 Å². The molecule has 8 heteroatoms. The van der Waals surface area contributed by atoms with Crippen LogP contribution < -0.4 is 16.0 Å². The van der Waals surface area contributed by atoms with Crippen molar-refractivity contribution < 1.29 is 14.5 Å². The third kappa shape index (κ3) is 2.68. The summed E-state index contributed by atoms with van der Waals surface area (Å²) in [5.41, 5.74) is 5.69. The highest BCUT2D eigenvalue weighted by atomic mass is 32.1. The van der Waals surface area contributed by atoms with E-state index in [9.17, 15) is 9.59 Å². The summed E-state index contributed by atoms with van der Waals surface area (Å²) in [7, 11) is 0. The molecule has 3 aromatic rings. The van der Waals surface area contributed by atoms with Gasteiger partial charge in [0, 0.05) is 18.4 Å². The van der Waals surface area contributed by atoms with Gasteiger partial charge in [-0.3, -0.25) is 4.79 Å². The van der Waals surface area contributed by atoms with Crippen molar-refractivity contribution in [2.24, 2.45) is 0 Å². The van der Waals surface area contributed by atoms with Crippen LogP contribution >= 0.6 is 11.3 Å². The molecule has 0 aliphatic carbocycles. The summed E-state index contributed by atoms with van der Waals surface area (Å²) in [5, 5.41) is 1.10. The molecule has 0 spiro atoms. The molecule has 2 N–H and O–H groups in total. The van der Waals surface area contributed by atoms with Crippen LogP contribution in [0.25, 0.3) is 10.2 Å². The van der Waals surface area contributed by atoms with Gasteiger partial charge in [0.05, 0.1) is 22.9 Å². The maximum Gasteiger partial charge on any atom is 0.379 e. The van der Waals surface area contributed by atoms with Crippen molar-refractivity contribution in [3.8, 4) is 0 Å². The van der Waals surface area contributed by atoms with Crippen molar-refractivity contribution in [2.75, 3.05) is 12.0 Å². The van der Waals surface area contributed by atoms with E-state index in [1.807, 2.05) is 31.2 Å². The predicted octanol–water partition coefficient (Wildman–Crippen LogP) is 1.64. The zero-order valence-corrected chi connectivity index (χ0v) is 15.6. The monoisotopic (exact) mass is 383 g/mol. The Kier molecular flexibility index (Phi) is 3.85. The van der Waals surface area contributed by atoms with Crippen LogP contribution in [0.3, 0.4) is 0 Å². The molecule has 2 aliphatic rings. The largest absolute Gasteiger partial charge is 0.379 e. The standard InChI is InChI=1S/C19H18N4O3S/c1-11-17-14(9-16(24)22(11)10-12-5-4-8-26-12)21-23(18(17)25)19-20-13-6-2-3-7-15(13)27-19/h2-3,6-7,9,12,21H,4-5,8,10H2,1H3/p+1/t12-/m1/s1. The lowest BCUT2D eigenvalue weighted by Crippen LogP contribution is -3.11. The lowest BCUT2D eigenvalue weighted by Gasteiger charge is -2.15. The Morgan fingerprint density at radius 1 is 1.37 bits per heavy atom. The molecule has 2 atom stereocenters. The van der Waals surface area contributed by atoms with Crippen molar-refractivity contribution in [1.29, 1.82) is 0 Å². The van der Waals surface area contributed by atoms with Crippen LogP contribution in [0.1, 0.15) is 28.9 Å². The van der Waals surface area contributed by atoms with Gasteiger partial charge < -0.3 is 9.30 Å². The third-order valence-electron chi connectivity index (χ3n) is 5.20. The lowest BCUT2D eigenvalue weighted by molar-refractivity contribution is -0.709. The van der Waals surface area contributed by atoms with Crippen molar-refractivity contribution >= 4 is 38.3 Å². The number of aromatic nitrogens is 2. The van der Waals surface area contributed by atoms with Crippen LogP contribution in [0.15, 0.2) is 35.1 Å². The Morgan fingerprint density at radius 2 is 2.22 bits per heavy atom. The van der Waals surface area contributed by atoms with Crippen molar-refractivity contribution in [1.82, 2.24) is 9.55 Å². The molecular formula is C19H19N4O3S+. The molecule has 1 fully saturated rings. The third-order valence-corrected chi connectivity index (χ3v) is 6.26. The van der Waals surface area contributed by atoms with Gasteiger partial charge in [0.25, 0.3) is 5.56 Å². The van der Waals surface area contributed by atoms with Crippen molar-refractivity contribution in [3.05, 3.63) is 51.9 Å². The number of quaternary nitrogens is 1. The van der Waals surface area contributed by atoms with E-state index in [0.717, 1.165) is 29.7 Å². The highest BCUT2D eigenvalue weighted by Crippen LogP contribution is 2.26. The predicted molar refractivity (Wildman–Crippen MR) is 103 cm³/mol. The second-order valence-corrected chi connectivity index (χ2v) is 7.95. The minimum atomic E-state index is -0.118. The van der Waals surface area contributed by atoms with E-state index in [0.29, 0.717) is 33.6 Å². The van der Waals surface area contributed by atoms with Gasteiger partial charge in [0.1, 0.15) is 11.3 Å². The van der Waals surface area contributed by atoms with E-state index in [-0.39, 0.29) is 17.6 Å². The fourth-order valence-electron chi connectivity index (χ4n) is 3.82. The zero-order chi connectivity index (χ0) is 18.5. The molecule has 2 aliphatic heterocycles. The number of nitrogens with one attached hydrogen (secondary N) is 2. The van der Waals surface area contributed by atoms with Gasteiger partial charge in [0.15, 0.2) is 0 Å². The molecule has 27 heavy (non-hydrogen) atoms. The van der Waals surface area contributed by atoms with E-state index < -0.39 is 0 Å². The Labute approximate surface area is 159 Å². The smallest absolute Gasteiger partial charge is 0.376 e. The second-order valence-electron chi connectivity index (χ2n) is 6.92. The molecule has 1 aromatic carbocycles. The first-order chi connectivity index (χ1) is 13.1. The van der Waals surface area contributed by atoms with Gasteiger partial charge in [0.2, 0.25) is 0 Å². The average molecular weight is 383 g/mol. The molecule has 0 bridgehead atoms. The Balaban J connectivity index is 1.53. The van der Waals surface area contributed by atoms with Crippen molar-refractivity contribution in [3.63, 3.8) is 0 Å². The highest BCUT2D eigenvalue weighted by Gasteiger charge is 2.40. The van der Waals surface area contributed by atoms with Crippen LogP contribution in [0.2, 0.25) is 0 Å². The number of para-hydroxylation sites is 1. The molecule has 5 rings (SSSR count). The molecular weight excluding hydrogens is 364 g/mol. The Bertz CT molecular complexity index is 1080. The Hall–Kier alpha value is -2.55. The van der Waals surface area contributed by atoms with Gasteiger partial charge in [-0.15, -0.1) is 5.01 Å². The minimum Gasteiger partial charge on any atom is -0.376 e. The van der Waals surface area contributed by atoms with E-state index >= 15 is 0 Å². The summed E-state index contributed by atoms with van der Waals surface area (Å²) in [6.07, 6.45) is 1.99.